The normalized spacial score (nSPS) is 14.2. The highest BCUT2D eigenvalue weighted by Gasteiger charge is 2.13. The smallest absolute Gasteiger partial charge is 0.274 e. The monoisotopic (exact) mass is 282 g/mol. The highest BCUT2D eigenvalue weighted by atomic mass is 16.1. The fraction of sp³-hybridized carbons (Fsp3) is 0.312. The Labute approximate surface area is 124 Å². The molecule has 1 aliphatic heterocycles. The Balaban J connectivity index is 1.68. The van der Waals surface area contributed by atoms with E-state index in [1.807, 2.05) is 31.2 Å². The van der Waals surface area contributed by atoms with Crippen LogP contribution in [0.15, 0.2) is 36.5 Å². The van der Waals surface area contributed by atoms with E-state index in [0.717, 1.165) is 24.6 Å². The summed E-state index contributed by atoms with van der Waals surface area (Å²) < 4.78 is 0. The van der Waals surface area contributed by atoms with Crippen LogP contribution in [0.5, 0.6) is 0 Å². The molecule has 5 nitrogen and oxygen atoms in total. The second-order valence-electron chi connectivity index (χ2n) is 5.22. The van der Waals surface area contributed by atoms with E-state index in [4.69, 9.17) is 0 Å². The van der Waals surface area contributed by atoms with Crippen LogP contribution < -0.4 is 10.2 Å². The summed E-state index contributed by atoms with van der Waals surface area (Å²) in [4.78, 5) is 23.0. The van der Waals surface area contributed by atoms with Gasteiger partial charge >= 0.3 is 0 Å². The van der Waals surface area contributed by atoms with E-state index in [-0.39, 0.29) is 5.91 Å². The number of hydrogen-bond acceptors (Lipinski definition) is 4. The molecule has 1 saturated heterocycles. The molecule has 0 aliphatic carbocycles. The number of amides is 1. The molecule has 3 rings (SSSR count). The van der Waals surface area contributed by atoms with Crippen LogP contribution in [0.3, 0.4) is 0 Å². The molecule has 0 atom stereocenters. The Morgan fingerprint density at radius 1 is 1.19 bits per heavy atom. The Hall–Kier alpha value is -2.43. The van der Waals surface area contributed by atoms with Gasteiger partial charge in [-0.25, -0.2) is 9.97 Å². The summed E-state index contributed by atoms with van der Waals surface area (Å²) in [5, 5.41) is 2.82. The molecule has 2 aromatic rings. The van der Waals surface area contributed by atoms with Crippen molar-refractivity contribution in [1.29, 1.82) is 0 Å². The molecule has 108 valence electrons. The number of aromatic nitrogens is 2. The summed E-state index contributed by atoms with van der Waals surface area (Å²) in [6.45, 7) is 3.99. The van der Waals surface area contributed by atoms with Gasteiger partial charge in [0.05, 0.1) is 11.9 Å². The quantitative estimate of drug-likeness (QED) is 0.940. The van der Waals surface area contributed by atoms with Crippen molar-refractivity contribution in [1.82, 2.24) is 9.97 Å². The van der Waals surface area contributed by atoms with Gasteiger partial charge in [-0.05, 0) is 44.0 Å². The van der Waals surface area contributed by atoms with Crippen molar-refractivity contribution in [3.63, 3.8) is 0 Å². The Bertz CT molecular complexity index is 633. The van der Waals surface area contributed by atoms with Gasteiger partial charge in [-0.1, -0.05) is 6.07 Å². The second-order valence-corrected chi connectivity index (χ2v) is 5.22. The molecular weight excluding hydrogens is 264 g/mol. The summed E-state index contributed by atoms with van der Waals surface area (Å²) in [5.41, 5.74) is 1.93. The first-order valence-electron chi connectivity index (χ1n) is 7.18. The molecule has 1 amide bonds. The molecule has 0 saturated carbocycles. The van der Waals surface area contributed by atoms with Crippen LogP contribution in [-0.2, 0) is 0 Å². The van der Waals surface area contributed by atoms with Gasteiger partial charge in [0.15, 0.2) is 0 Å². The predicted octanol–water partition coefficient (Wildman–Crippen LogP) is 2.64. The van der Waals surface area contributed by atoms with E-state index in [1.54, 1.807) is 12.3 Å². The first-order chi connectivity index (χ1) is 10.2. The lowest BCUT2D eigenvalue weighted by Crippen LogP contribution is -2.19. The van der Waals surface area contributed by atoms with E-state index >= 15 is 0 Å². The van der Waals surface area contributed by atoms with Gasteiger partial charge in [-0.3, -0.25) is 4.79 Å². The number of carbonyl (C=O) groups excluding carboxylic acids is 1. The molecule has 0 bridgehead atoms. The van der Waals surface area contributed by atoms with E-state index < -0.39 is 0 Å². The van der Waals surface area contributed by atoms with Crippen molar-refractivity contribution in [2.75, 3.05) is 23.3 Å². The van der Waals surface area contributed by atoms with Gasteiger partial charge < -0.3 is 10.2 Å². The Kier molecular flexibility index (Phi) is 3.81. The lowest BCUT2D eigenvalue weighted by atomic mass is 10.3. The molecule has 21 heavy (non-hydrogen) atoms. The molecule has 1 N–H and O–H groups in total. The van der Waals surface area contributed by atoms with E-state index in [2.05, 4.69) is 20.2 Å². The third-order valence-electron chi connectivity index (χ3n) is 3.56. The lowest BCUT2D eigenvalue weighted by molar-refractivity contribution is 0.102. The zero-order chi connectivity index (χ0) is 14.7. The standard InChI is InChI=1S/C16H18N4O/c1-12-5-4-6-14(18-12)16(21)19-13-7-8-15(17-11-13)20-9-2-3-10-20/h4-8,11H,2-3,9-10H2,1H3,(H,19,21). The van der Waals surface area contributed by atoms with Crippen LogP contribution >= 0.6 is 0 Å². The number of anilines is 2. The number of pyridine rings is 2. The van der Waals surface area contributed by atoms with Crippen molar-refractivity contribution >= 4 is 17.4 Å². The summed E-state index contributed by atoms with van der Waals surface area (Å²) in [7, 11) is 0. The van der Waals surface area contributed by atoms with Crippen LogP contribution in [0, 0.1) is 6.92 Å². The maximum Gasteiger partial charge on any atom is 0.274 e. The summed E-state index contributed by atoms with van der Waals surface area (Å²) in [6, 6.07) is 9.22. The fourth-order valence-electron chi connectivity index (χ4n) is 2.46. The molecule has 0 unspecified atom stereocenters. The van der Waals surface area contributed by atoms with E-state index in [0.29, 0.717) is 11.4 Å². The average Bonchev–Trinajstić information content (AvgIpc) is 3.02. The molecule has 1 fully saturated rings. The minimum absolute atomic E-state index is 0.213. The number of nitrogens with zero attached hydrogens (tertiary/aromatic N) is 3. The first-order valence-corrected chi connectivity index (χ1v) is 7.18. The fourth-order valence-corrected chi connectivity index (χ4v) is 2.46. The van der Waals surface area contributed by atoms with Crippen molar-refractivity contribution < 1.29 is 4.79 Å². The third kappa shape index (κ3) is 3.18. The molecular formula is C16H18N4O. The maximum absolute atomic E-state index is 12.1. The van der Waals surface area contributed by atoms with Crippen LogP contribution in [0.2, 0.25) is 0 Å². The number of aryl methyl sites for hydroxylation is 1. The van der Waals surface area contributed by atoms with E-state index in [9.17, 15) is 4.79 Å². The van der Waals surface area contributed by atoms with Crippen LogP contribution in [0.4, 0.5) is 11.5 Å². The topological polar surface area (TPSA) is 58.1 Å². The molecule has 0 radical (unpaired) electrons. The van der Waals surface area contributed by atoms with Crippen LogP contribution in [0.25, 0.3) is 0 Å². The van der Waals surface area contributed by atoms with Gasteiger partial charge in [0.2, 0.25) is 0 Å². The van der Waals surface area contributed by atoms with Crippen molar-refractivity contribution in [3.8, 4) is 0 Å². The van der Waals surface area contributed by atoms with E-state index in [1.165, 1.54) is 12.8 Å². The molecule has 2 aromatic heterocycles. The first kappa shape index (κ1) is 13.5. The van der Waals surface area contributed by atoms with Crippen LogP contribution in [-0.4, -0.2) is 29.0 Å². The number of hydrogen-bond donors (Lipinski definition) is 1. The Morgan fingerprint density at radius 2 is 2.00 bits per heavy atom. The predicted molar refractivity (Wildman–Crippen MR) is 82.6 cm³/mol. The SMILES string of the molecule is Cc1cccc(C(=O)Nc2ccc(N3CCCC3)nc2)n1. The molecule has 3 heterocycles. The summed E-state index contributed by atoms with van der Waals surface area (Å²) in [5.74, 6) is 0.758. The second kappa shape index (κ2) is 5.91. The summed E-state index contributed by atoms with van der Waals surface area (Å²) >= 11 is 0. The summed E-state index contributed by atoms with van der Waals surface area (Å²) in [6.07, 6.45) is 4.14. The number of rotatable bonds is 3. The maximum atomic E-state index is 12.1. The highest BCUT2D eigenvalue weighted by molar-refractivity contribution is 6.02. The number of carbonyl (C=O) groups is 1. The zero-order valence-electron chi connectivity index (χ0n) is 12.0. The third-order valence-corrected chi connectivity index (χ3v) is 3.56. The average molecular weight is 282 g/mol. The van der Waals surface area contributed by atoms with Gasteiger partial charge in [-0.2, -0.15) is 0 Å². The Morgan fingerprint density at radius 3 is 2.67 bits per heavy atom. The number of nitrogens with one attached hydrogen (secondary N) is 1. The van der Waals surface area contributed by atoms with Gasteiger partial charge in [0, 0.05) is 18.8 Å². The minimum atomic E-state index is -0.213. The van der Waals surface area contributed by atoms with Crippen molar-refractivity contribution in [2.45, 2.75) is 19.8 Å². The molecule has 1 aliphatic rings. The zero-order valence-corrected chi connectivity index (χ0v) is 12.0. The highest BCUT2D eigenvalue weighted by Crippen LogP contribution is 2.19. The van der Waals surface area contributed by atoms with Gasteiger partial charge in [-0.15, -0.1) is 0 Å². The molecule has 0 aromatic carbocycles. The largest absolute Gasteiger partial charge is 0.357 e. The van der Waals surface area contributed by atoms with Gasteiger partial charge in [0.25, 0.3) is 5.91 Å². The molecule has 5 heteroatoms. The van der Waals surface area contributed by atoms with Crippen molar-refractivity contribution in [3.05, 3.63) is 47.9 Å². The van der Waals surface area contributed by atoms with Crippen molar-refractivity contribution in [2.24, 2.45) is 0 Å². The lowest BCUT2D eigenvalue weighted by Gasteiger charge is -2.16. The van der Waals surface area contributed by atoms with Gasteiger partial charge in [0.1, 0.15) is 11.5 Å². The van der Waals surface area contributed by atoms with Crippen LogP contribution in [0.1, 0.15) is 29.0 Å². The minimum Gasteiger partial charge on any atom is -0.357 e. The molecule has 0 spiro atoms.